The van der Waals surface area contributed by atoms with Crippen LogP contribution < -0.4 is 5.73 Å². The smallest absolute Gasteiger partial charge is 0.169 e. The first-order valence-corrected chi connectivity index (χ1v) is 3.38. The number of nitrogen functional groups attached to an aromatic ring is 1. The number of rotatable bonds is 1. The standard InChI is InChI=1S/C5H5IN2O.ClH/c6-4-2-1-3(9-4)5(7)8;/h1-2H,(H3,7,8);1H. The number of furan rings is 1. The van der Waals surface area contributed by atoms with Crippen molar-refractivity contribution in [1.82, 2.24) is 0 Å². The third-order valence-electron chi connectivity index (χ3n) is 0.839. The van der Waals surface area contributed by atoms with Crippen LogP contribution in [0.3, 0.4) is 0 Å². The van der Waals surface area contributed by atoms with E-state index in [4.69, 9.17) is 15.6 Å². The molecule has 0 amide bonds. The highest BCUT2D eigenvalue weighted by atomic mass is 127. The molecule has 0 saturated heterocycles. The van der Waals surface area contributed by atoms with E-state index in [1.165, 1.54) is 0 Å². The summed E-state index contributed by atoms with van der Waals surface area (Å²) >= 11 is 2.02. The van der Waals surface area contributed by atoms with Gasteiger partial charge >= 0.3 is 0 Å². The van der Waals surface area contributed by atoms with Crippen molar-refractivity contribution < 1.29 is 4.42 Å². The van der Waals surface area contributed by atoms with E-state index in [0.29, 0.717) is 5.76 Å². The largest absolute Gasteiger partial charge is 0.447 e. The van der Waals surface area contributed by atoms with Crippen LogP contribution >= 0.6 is 35.0 Å². The lowest BCUT2D eigenvalue weighted by Gasteiger charge is -1.86. The van der Waals surface area contributed by atoms with Crippen LogP contribution in [0.15, 0.2) is 16.5 Å². The second-order valence-electron chi connectivity index (χ2n) is 1.52. The summed E-state index contributed by atoms with van der Waals surface area (Å²) in [6, 6.07) is 3.43. The van der Waals surface area contributed by atoms with Crippen molar-refractivity contribution in [3.8, 4) is 0 Å². The molecule has 0 saturated carbocycles. The van der Waals surface area contributed by atoms with Crippen molar-refractivity contribution in [2.45, 2.75) is 0 Å². The van der Waals surface area contributed by atoms with E-state index in [0.717, 1.165) is 3.77 Å². The summed E-state index contributed by atoms with van der Waals surface area (Å²) in [6.07, 6.45) is 0. The van der Waals surface area contributed by atoms with Gasteiger partial charge in [0.05, 0.1) is 0 Å². The predicted molar refractivity (Wildman–Crippen MR) is 49.7 cm³/mol. The Bertz CT molecular complexity index is 235. The van der Waals surface area contributed by atoms with Gasteiger partial charge in [-0.3, -0.25) is 5.41 Å². The third-order valence-corrected chi connectivity index (χ3v) is 1.42. The zero-order valence-corrected chi connectivity index (χ0v) is 7.90. The topological polar surface area (TPSA) is 63.0 Å². The minimum absolute atomic E-state index is 0. The third kappa shape index (κ3) is 2.18. The Morgan fingerprint density at radius 2 is 2.20 bits per heavy atom. The van der Waals surface area contributed by atoms with Crippen LogP contribution in [0.25, 0.3) is 0 Å². The van der Waals surface area contributed by atoms with E-state index in [1.807, 2.05) is 22.6 Å². The Morgan fingerprint density at radius 3 is 2.40 bits per heavy atom. The summed E-state index contributed by atoms with van der Waals surface area (Å²) in [7, 11) is 0. The summed E-state index contributed by atoms with van der Waals surface area (Å²) in [5, 5.41) is 6.93. The quantitative estimate of drug-likeness (QED) is 0.463. The fraction of sp³-hybridized carbons (Fsp3) is 0. The fourth-order valence-electron chi connectivity index (χ4n) is 0.459. The van der Waals surface area contributed by atoms with Crippen molar-refractivity contribution in [1.29, 1.82) is 5.41 Å². The van der Waals surface area contributed by atoms with Gasteiger partial charge in [0, 0.05) is 0 Å². The van der Waals surface area contributed by atoms with Crippen LogP contribution in [0.1, 0.15) is 5.76 Å². The zero-order valence-electron chi connectivity index (χ0n) is 4.93. The second kappa shape index (κ2) is 3.82. The van der Waals surface area contributed by atoms with E-state index in [-0.39, 0.29) is 18.2 Å². The zero-order chi connectivity index (χ0) is 6.85. The van der Waals surface area contributed by atoms with Crippen molar-refractivity contribution in [2.75, 3.05) is 0 Å². The molecule has 0 unspecified atom stereocenters. The first-order chi connectivity index (χ1) is 4.20. The molecular weight excluding hydrogens is 266 g/mol. The molecule has 0 spiro atoms. The Balaban J connectivity index is 0.000000810. The van der Waals surface area contributed by atoms with E-state index >= 15 is 0 Å². The molecule has 1 aromatic rings. The summed E-state index contributed by atoms with van der Waals surface area (Å²) in [6.45, 7) is 0. The summed E-state index contributed by atoms with van der Waals surface area (Å²) in [4.78, 5) is 0. The maximum Gasteiger partial charge on any atom is 0.169 e. The Morgan fingerprint density at radius 1 is 1.60 bits per heavy atom. The van der Waals surface area contributed by atoms with Gasteiger partial charge in [0.2, 0.25) is 0 Å². The van der Waals surface area contributed by atoms with Gasteiger partial charge in [0.25, 0.3) is 0 Å². The molecule has 1 aromatic heterocycles. The highest BCUT2D eigenvalue weighted by Gasteiger charge is 1.99. The van der Waals surface area contributed by atoms with Gasteiger partial charge in [-0.05, 0) is 34.7 Å². The maximum atomic E-state index is 6.93. The van der Waals surface area contributed by atoms with E-state index in [9.17, 15) is 0 Å². The maximum absolute atomic E-state index is 6.93. The van der Waals surface area contributed by atoms with Crippen LogP contribution in [0.5, 0.6) is 0 Å². The number of nitrogens with two attached hydrogens (primary N) is 1. The van der Waals surface area contributed by atoms with Gasteiger partial charge < -0.3 is 10.2 Å². The number of halogens is 2. The molecule has 0 radical (unpaired) electrons. The highest BCUT2D eigenvalue weighted by molar-refractivity contribution is 14.1. The molecule has 10 heavy (non-hydrogen) atoms. The molecule has 0 fully saturated rings. The monoisotopic (exact) mass is 272 g/mol. The highest BCUT2D eigenvalue weighted by Crippen LogP contribution is 2.08. The average Bonchev–Trinajstić information content (AvgIpc) is 2.14. The van der Waals surface area contributed by atoms with E-state index in [1.54, 1.807) is 12.1 Å². The second-order valence-corrected chi connectivity index (χ2v) is 2.58. The lowest BCUT2D eigenvalue weighted by atomic mass is 10.4. The molecule has 0 aliphatic carbocycles. The number of nitrogens with one attached hydrogen (secondary N) is 1. The van der Waals surface area contributed by atoms with Gasteiger partial charge in [-0.15, -0.1) is 12.4 Å². The Labute approximate surface area is 78.0 Å². The fourth-order valence-corrected chi connectivity index (χ4v) is 0.876. The van der Waals surface area contributed by atoms with Crippen molar-refractivity contribution in [3.63, 3.8) is 0 Å². The van der Waals surface area contributed by atoms with Crippen molar-refractivity contribution >= 4 is 40.8 Å². The lowest BCUT2D eigenvalue weighted by Crippen LogP contribution is -2.09. The number of hydrogen-bond acceptors (Lipinski definition) is 2. The summed E-state index contributed by atoms with van der Waals surface area (Å²) < 4.78 is 5.73. The minimum Gasteiger partial charge on any atom is -0.447 e. The predicted octanol–water partition coefficient (Wildman–Crippen LogP) is 1.59. The molecule has 0 atom stereocenters. The summed E-state index contributed by atoms with van der Waals surface area (Å²) in [5.74, 6) is 0.400. The molecule has 0 aliphatic rings. The first kappa shape index (κ1) is 9.77. The van der Waals surface area contributed by atoms with E-state index < -0.39 is 0 Å². The molecule has 56 valence electrons. The van der Waals surface area contributed by atoms with Gasteiger partial charge in [0.1, 0.15) is 0 Å². The van der Waals surface area contributed by atoms with Crippen LogP contribution in [-0.2, 0) is 0 Å². The van der Waals surface area contributed by atoms with Crippen molar-refractivity contribution in [3.05, 3.63) is 21.7 Å². The van der Waals surface area contributed by atoms with Crippen LogP contribution in [0.4, 0.5) is 0 Å². The van der Waals surface area contributed by atoms with E-state index in [2.05, 4.69) is 0 Å². The van der Waals surface area contributed by atoms with Crippen molar-refractivity contribution in [2.24, 2.45) is 5.73 Å². The van der Waals surface area contributed by atoms with Gasteiger partial charge in [-0.1, -0.05) is 0 Å². The molecule has 1 rings (SSSR count). The Hall–Kier alpha value is -0.230. The van der Waals surface area contributed by atoms with Crippen LogP contribution in [-0.4, -0.2) is 5.84 Å². The SMILES string of the molecule is Cl.N=C(N)c1ccc(I)o1. The molecule has 1 heterocycles. The van der Waals surface area contributed by atoms with Gasteiger partial charge in [0.15, 0.2) is 15.4 Å². The molecule has 0 bridgehead atoms. The van der Waals surface area contributed by atoms with Crippen LogP contribution in [0.2, 0.25) is 0 Å². The summed E-state index contributed by atoms with van der Waals surface area (Å²) in [5.41, 5.74) is 5.11. The molecule has 0 aliphatic heterocycles. The number of hydrogen-bond donors (Lipinski definition) is 2. The molecule has 5 heteroatoms. The molecule has 3 N–H and O–H groups in total. The molecule has 0 aromatic carbocycles. The normalized spacial score (nSPS) is 8.50. The van der Waals surface area contributed by atoms with Gasteiger partial charge in [-0.25, -0.2) is 0 Å². The molecule has 3 nitrogen and oxygen atoms in total. The Kier molecular flexibility index (Phi) is 3.73. The first-order valence-electron chi connectivity index (χ1n) is 2.30. The average molecular weight is 272 g/mol. The minimum atomic E-state index is -0.0297. The lowest BCUT2D eigenvalue weighted by molar-refractivity contribution is 0.528. The van der Waals surface area contributed by atoms with Crippen LogP contribution in [0, 0.1) is 9.18 Å². The van der Waals surface area contributed by atoms with Gasteiger partial charge in [-0.2, -0.15) is 0 Å². The number of amidine groups is 1. The molecular formula is C5H6ClIN2O.